The molecule has 1 aromatic carbocycles. The molecule has 4 nitrogen and oxygen atoms in total. The molecular weight excluding hydrogens is 223 g/mol. The molecule has 1 aliphatic rings. The number of carbonyl (C=O) groups is 1. The van der Waals surface area contributed by atoms with Crippen LogP contribution in [0.15, 0.2) is 24.3 Å². The van der Waals surface area contributed by atoms with Gasteiger partial charge in [0, 0.05) is 12.3 Å². The number of nitrogens with two attached hydrogens (primary N) is 1. The van der Waals surface area contributed by atoms with E-state index in [4.69, 9.17) is 10.5 Å². The second-order valence-electron chi connectivity index (χ2n) is 4.23. The molecule has 1 unspecified atom stereocenters. The van der Waals surface area contributed by atoms with Gasteiger partial charge in [-0.25, -0.2) is 4.39 Å². The molecule has 1 heterocycles. The van der Waals surface area contributed by atoms with E-state index < -0.39 is 11.4 Å². The molecule has 0 aliphatic carbocycles. The Morgan fingerprint density at radius 3 is 2.65 bits per heavy atom. The Morgan fingerprint density at radius 1 is 1.41 bits per heavy atom. The Balaban J connectivity index is 2.17. The van der Waals surface area contributed by atoms with Gasteiger partial charge >= 0.3 is 0 Å². The van der Waals surface area contributed by atoms with E-state index in [2.05, 4.69) is 5.32 Å². The number of hydrogen-bond donors (Lipinski definition) is 2. The average Bonchev–Trinajstić information content (AvgIpc) is 2.33. The molecule has 1 atom stereocenters. The minimum absolute atomic E-state index is 0.250. The van der Waals surface area contributed by atoms with Crippen LogP contribution in [-0.4, -0.2) is 24.7 Å². The fraction of sp³-hybridized carbons (Fsp3) is 0.417. The van der Waals surface area contributed by atoms with Gasteiger partial charge in [-0.2, -0.15) is 0 Å². The number of carbonyl (C=O) groups excluding carboxylic acids is 1. The van der Waals surface area contributed by atoms with Crippen LogP contribution < -0.4 is 11.1 Å². The smallest absolute Gasteiger partial charge is 0.245 e. The molecule has 1 aliphatic heterocycles. The number of amides is 1. The molecule has 0 bridgehead atoms. The van der Waals surface area contributed by atoms with E-state index in [9.17, 15) is 9.18 Å². The molecule has 3 N–H and O–H groups in total. The van der Waals surface area contributed by atoms with Gasteiger partial charge in [0.05, 0.1) is 6.61 Å². The fourth-order valence-electron chi connectivity index (χ4n) is 1.96. The van der Waals surface area contributed by atoms with Crippen LogP contribution in [0.1, 0.15) is 12.8 Å². The Labute approximate surface area is 98.9 Å². The van der Waals surface area contributed by atoms with Gasteiger partial charge in [0.2, 0.25) is 5.91 Å². The van der Waals surface area contributed by atoms with Gasteiger partial charge in [-0.05, 0) is 37.1 Å². The van der Waals surface area contributed by atoms with E-state index in [1.807, 2.05) is 0 Å². The predicted molar refractivity (Wildman–Crippen MR) is 62.0 cm³/mol. The van der Waals surface area contributed by atoms with Gasteiger partial charge in [-0.1, -0.05) is 0 Å². The molecule has 1 aromatic rings. The number of halogens is 1. The van der Waals surface area contributed by atoms with E-state index in [0.29, 0.717) is 18.7 Å². The molecule has 0 spiro atoms. The van der Waals surface area contributed by atoms with Crippen LogP contribution in [0.25, 0.3) is 0 Å². The summed E-state index contributed by atoms with van der Waals surface area (Å²) in [4.78, 5) is 11.6. The van der Waals surface area contributed by atoms with E-state index in [0.717, 1.165) is 6.42 Å². The van der Waals surface area contributed by atoms with Crippen LogP contribution in [-0.2, 0) is 9.53 Å². The van der Waals surface area contributed by atoms with E-state index in [-0.39, 0.29) is 12.4 Å². The first kappa shape index (κ1) is 11.9. The van der Waals surface area contributed by atoms with E-state index >= 15 is 0 Å². The largest absolute Gasteiger partial charge is 0.378 e. The molecule has 1 amide bonds. The summed E-state index contributed by atoms with van der Waals surface area (Å²) < 4.78 is 18.1. The zero-order valence-corrected chi connectivity index (χ0v) is 9.41. The third-order valence-electron chi connectivity index (χ3n) is 2.94. The lowest BCUT2D eigenvalue weighted by Gasteiger charge is -2.35. The summed E-state index contributed by atoms with van der Waals surface area (Å²) in [5, 5.41) is 3.05. The zero-order valence-electron chi connectivity index (χ0n) is 9.41. The van der Waals surface area contributed by atoms with Crippen molar-refractivity contribution in [3.63, 3.8) is 0 Å². The molecule has 0 aromatic heterocycles. The molecular formula is C12H15FN2O2. The van der Waals surface area contributed by atoms with Crippen molar-refractivity contribution in [1.82, 2.24) is 0 Å². The van der Waals surface area contributed by atoms with Crippen LogP contribution >= 0.6 is 0 Å². The van der Waals surface area contributed by atoms with Crippen LogP contribution in [0.3, 0.4) is 0 Å². The Kier molecular flexibility index (Phi) is 3.28. The number of nitrogens with one attached hydrogen (secondary N) is 1. The topological polar surface area (TPSA) is 64.4 Å². The molecule has 0 saturated carbocycles. The first-order valence-corrected chi connectivity index (χ1v) is 5.54. The van der Waals surface area contributed by atoms with Crippen LogP contribution in [0.4, 0.5) is 10.1 Å². The summed E-state index contributed by atoms with van der Waals surface area (Å²) in [5.41, 5.74) is 5.21. The standard InChI is InChI=1S/C12H15FN2O2/c13-9-2-4-10(5-3-9)15-12(11(14)16)6-1-7-17-8-12/h2-5,15H,1,6-8H2,(H2,14,16). The minimum atomic E-state index is -0.879. The first-order chi connectivity index (χ1) is 8.12. The summed E-state index contributed by atoms with van der Waals surface area (Å²) in [7, 11) is 0. The molecule has 1 saturated heterocycles. The third kappa shape index (κ3) is 2.55. The first-order valence-electron chi connectivity index (χ1n) is 5.54. The highest BCUT2D eigenvalue weighted by Crippen LogP contribution is 2.24. The van der Waals surface area contributed by atoms with Gasteiger partial charge in [0.25, 0.3) is 0 Å². The third-order valence-corrected chi connectivity index (χ3v) is 2.94. The number of primary amides is 1. The number of ether oxygens (including phenoxy) is 1. The summed E-state index contributed by atoms with van der Waals surface area (Å²) in [6.07, 6.45) is 1.40. The molecule has 17 heavy (non-hydrogen) atoms. The Bertz CT molecular complexity index is 399. The van der Waals surface area contributed by atoms with Crippen LogP contribution in [0.2, 0.25) is 0 Å². The van der Waals surface area contributed by atoms with Crippen molar-refractivity contribution in [2.24, 2.45) is 5.73 Å². The Morgan fingerprint density at radius 2 is 2.12 bits per heavy atom. The average molecular weight is 238 g/mol. The summed E-state index contributed by atoms with van der Waals surface area (Å²) >= 11 is 0. The number of rotatable bonds is 3. The minimum Gasteiger partial charge on any atom is -0.378 e. The number of benzene rings is 1. The number of hydrogen-bond acceptors (Lipinski definition) is 3. The molecule has 2 rings (SSSR count). The van der Waals surface area contributed by atoms with Crippen molar-refractivity contribution in [1.29, 1.82) is 0 Å². The van der Waals surface area contributed by atoms with Crippen LogP contribution in [0, 0.1) is 5.82 Å². The lowest BCUT2D eigenvalue weighted by molar-refractivity contribution is -0.126. The monoisotopic (exact) mass is 238 g/mol. The maximum Gasteiger partial charge on any atom is 0.245 e. The van der Waals surface area contributed by atoms with Gasteiger partial charge in [-0.3, -0.25) is 4.79 Å². The van der Waals surface area contributed by atoms with E-state index in [1.165, 1.54) is 12.1 Å². The zero-order chi connectivity index (χ0) is 12.3. The van der Waals surface area contributed by atoms with E-state index in [1.54, 1.807) is 12.1 Å². The van der Waals surface area contributed by atoms with Crippen molar-refractivity contribution >= 4 is 11.6 Å². The van der Waals surface area contributed by atoms with Gasteiger partial charge < -0.3 is 15.8 Å². The lowest BCUT2D eigenvalue weighted by Crippen LogP contribution is -2.56. The molecule has 5 heteroatoms. The summed E-state index contributed by atoms with van der Waals surface area (Å²) in [6.45, 7) is 0.889. The quantitative estimate of drug-likeness (QED) is 0.833. The second kappa shape index (κ2) is 4.71. The summed E-state index contributed by atoms with van der Waals surface area (Å²) in [6, 6.07) is 5.82. The molecule has 92 valence electrons. The normalized spacial score (nSPS) is 24.3. The highest BCUT2D eigenvalue weighted by atomic mass is 19.1. The molecule has 1 fully saturated rings. The maximum atomic E-state index is 12.8. The lowest BCUT2D eigenvalue weighted by atomic mass is 9.91. The fourth-order valence-corrected chi connectivity index (χ4v) is 1.96. The highest BCUT2D eigenvalue weighted by Gasteiger charge is 2.38. The van der Waals surface area contributed by atoms with Gasteiger partial charge in [-0.15, -0.1) is 0 Å². The highest BCUT2D eigenvalue weighted by molar-refractivity contribution is 5.88. The predicted octanol–water partition coefficient (Wildman–Crippen LogP) is 1.27. The van der Waals surface area contributed by atoms with Crippen molar-refractivity contribution in [3.8, 4) is 0 Å². The van der Waals surface area contributed by atoms with Crippen molar-refractivity contribution < 1.29 is 13.9 Å². The van der Waals surface area contributed by atoms with Crippen molar-refractivity contribution in [3.05, 3.63) is 30.1 Å². The van der Waals surface area contributed by atoms with Crippen molar-refractivity contribution in [2.75, 3.05) is 18.5 Å². The Hall–Kier alpha value is -1.62. The van der Waals surface area contributed by atoms with Gasteiger partial charge in [0.1, 0.15) is 11.4 Å². The maximum absolute atomic E-state index is 12.8. The van der Waals surface area contributed by atoms with Gasteiger partial charge in [0.15, 0.2) is 0 Å². The second-order valence-corrected chi connectivity index (χ2v) is 4.23. The summed E-state index contributed by atoms with van der Waals surface area (Å²) in [5.74, 6) is -0.759. The molecule has 0 radical (unpaired) electrons. The van der Waals surface area contributed by atoms with Crippen LogP contribution in [0.5, 0.6) is 0 Å². The SMILES string of the molecule is NC(=O)C1(Nc2ccc(F)cc2)CCCOC1. The number of anilines is 1. The van der Waals surface area contributed by atoms with Crippen molar-refractivity contribution in [2.45, 2.75) is 18.4 Å².